The number of anilines is 2. The lowest BCUT2D eigenvalue weighted by atomic mass is 10.2. The molecule has 0 atom stereocenters. The van der Waals surface area contributed by atoms with E-state index in [0.717, 1.165) is 0 Å². The molecule has 114 valence electrons. The number of aromatic hydroxyl groups is 1. The highest BCUT2D eigenvalue weighted by Crippen LogP contribution is 2.35. The first-order chi connectivity index (χ1) is 10.4. The van der Waals surface area contributed by atoms with Gasteiger partial charge < -0.3 is 15.7 Å². The molecule has 0 aliphatic rings. The van der Waals surface area contributed by atoms with Crippen LogP contribution in [-0.2, 0) is 4.79 Å². The molecule has 0 spiro atoms. The molecule has 0 radical (unpaired) electrons. The molecule has 0 fully saturated rings. The van der Waals surface area contributed by atoms with E-state index in [-0.39, 0.29) is 17.6 Å². The van der Waals surface area contributed by atoms with E-state index in [1.54, 1.807) is 36.4 Å². The second kappa shape index (κ2) is 6.93. The molecular formula is C15H12Br2N2O3. The first kappa shape index (κ1) is 16.5. The molecule has 0 bridgehead atoms. The van der Waals surface area contributed by atoms with Crippen LogP contribution in [0.15, 0.2) is 45.3 Å². The van der Waals surface area contributed by atoms with Crippen molar-refractivity contribution < 1.29 is 14.7 Å². The predicted molar refractivity (Wildman–Crippen MR) is 92.2 cm³/mol. The number of carbonyl (C=O) groups excluding carboxylic acids is 2. The third-order valence-corrected chi connectivity index (χ3v) is 3.95. The summed E-state index contributed by atoms with van der Waals surface area (Å²) in [5.41, 5.74) is 1.61. The lowest BCUT2D eigenvalue weighted by molar-refractivity contribution is -0.114. The van der Waals surface area contributed by atoms with E-state index in [9.17, 15) is 14.7 Å². The van der Waals surface area contributed by atoms with Crippen molar-refractivity contribution in [2.45, 2.75) is 6.92 Å². The van der Waals surface area contributed by atoms with Crippen molar-refractivity contribution >= 4 is 55.0 Å². The zero-order valence-electron chi connectivity index (χ0n) is 11.5. The summed E-state index contributed by atoms with van der Waals surface area (Å²) in [4.78, 5) is 23.1. The first-order valence-electron chi connectivity index (χ1n) is 6.24. The molecular weight excluding hydrogens is 416 g/mol. The second-order valence-corrected chi connectivity index (χ2v) is 6.21. The Hall–Kier alpha value is -1.86. The minimum atomic E-state index is -0.293. The molecule has 22 heavy (non-hydrogen) atoms. The molecule has 0 heterocycles. The fourth-order valence-electron chi connectivity index (χ4n) is 1.75. The van der Waals surface area contributed by atoms with Crippen LogP contribution in [0.1, 0.15) is 17.3 Å². The van der Waals surface area contributed by atoms with Crippen LogP contribution in [0, 0.1) is 0 Å². The number of hydrogen-bond acceptors (Lipinski definition) is 3. The van der Waals surface area contributed by atoms with Crippen LogP contribution in [0.5, 0.6) is 5.75 Å². The standard InChI is InChI=1S/C15H12Br2N2O3/c1-8(20)18-10-4-2-9(3-5-10)15(22)19-11-6-12(16)14(21)13(17)7-11/h2-7,21H,1H3,(H,18,20)(H,19,22). The van der Waals surface area contributed by atoms with E-state index in [1.165, 1.54) is 6.92 Å². The molecule has 2 aromatic rings. The van der Waals surface area contributed by atoms with Gasteiger partial charge in [0.15, 0.2) is 0 Å². The minimum Gasteiger partial charge on any atom is -0.506 e. The molecule has 0 aromatic heterocycles. The Bertz CT molecular complexity index is 707. The van der Waals surface area contributed by atoms with Crippen molar-refractivity contribution in [3.05, 3.63) is 50.9 Å². The summed E-state index contributed by atoms with van der Waals surface area (Å²) < 4.78 is 0.941. The second-order valence-electron chi connectivity index (χ2n) is 4.50. The van der Waals surface area contributed by atoms with Gasteiger partial charge in [0, 0.05) is 23.9 Å². The van der Waals surface area contributed by atoms with Gasteiger partial charge in [-0.25, -0.2) is 0 Å². The van der Waals surface area contributed by atoms with Crippen LogP contribution in [0.4, 0.5) is 11.4 Å². The maximum Gasteiger partial charge on any atom is 0.255 e. The number of halogens is 2. The zero-order valence-corrected chi connectivity index (χ0v) is 14.7. The third kappa shape index (κ3) is 4.08. The van der Waals surface area contributed by atoms with Crippen LogP contribution in [0.25, 0.3) is 0 Å². The van der Waals surface area contributed by atoms with Gasteiger partial charge in [0.05, 0.1) is 8.95 Å². The quantitative estimate of drug-likeness (QED) is 0.644. The van der Waals surface area contributed by atoms with Gasteiger partial charge in [-0.15, -0.1) is 0 Å². The highest BCUT2D eigenvalue weighted by Gasteiger charge is 2.10. The molecule has 0 unspecified atom stereocenters. The molecule has 2 rings (SSSR count). The SMILES string of the molecule is CC(=O)Nc1ccc(C(=O)Nc2cc(Br)c(O)c(Br)c2)cc1. The van der Waals surface area contributed by atoms with E-state index in [1.807, 2.05) is 0 Å². The van der Waals surface area contributed by atoms with Gasteiger partial charge in [-0.2, -0.15) is 0 Å². The van der Waals surface area contributed by atoms with Gasteiger partial charge in [-0.3, -0.25) is 9.59 Å². The molecule has 5 nitrogen and oxygen atoms in total. The van der Waals surface area contributed by atoms with Gasteiger partial charge in [0.2, 0.25) is 5.91 Å². The topological polar surface area (TPSA) is 78.4 Å². The summed E-state index contributed by atoms with van der Waals surface area (Å²) in [6.45, 7) is 1.42. The summed E-state index contributed by atoms with van der Waals surface area (Å²) in [6.07, 6.45) is 0. The van der Waals surface area contributed by atoms with E-state index < -0.39 is 0 Å². The zero-order chi connectivity index (χ0) is 16.3. The molecule has 7 heteroatoms. The number of amides is 2. The lowest BCUT2D eigenvalue weighted by Gasteiger charge is -2.09. The monoisotopic (exact) mass is 426 g/mol. The van der Waals surface area contributed by atoms with Gasteiger partial charge in [-0.05, 0) is 68.3 Å². The minimum absolute atomic E-state index is 0.0673. The van der Waals surface area contributed by atoms with Crippen molar-refractivity contribution in [1.82, 2.24) is 0 Å². The lowest BCUT2D eigenvalue weighted by Crippen LogP contribution is -2.12. The average molecular weight is 428 g/mol. The van der Waals surface area contributed by atoms with Crippen molar-refractivity contribution in [2.24, 2.45) is 0 Å². The summed E-state index contributed by atoms with van der Waals surface area (Å²) in [5, 5.41) is 15.0. The highest BCUT2D eigenvalue weighted by molar-refractivity contribution is 9.11. The maximum atomic E-state index is 12.2. The smallest absolute Gasteiger partial charge is 0.255 e. The number of rotatable bonds is 3. The van der Waals surface area contributed by atoms with Gasteiger partial charge in [0.1, 0.15) is 5.75 Å². The molecule has 3 N–H and O–H groups in total. The van der Waals surface area contributed by atoms with Gasteiger partial charge >= 0.3 is 0 Å². The van der Waals surface area contributed by atoms with Crippen LogP contribution in [-0.4, -0.2) is 16.9 Å². The average Bonchev–Trinajstić information content (AvgIpc) is 2.44. The van der Waals surface area contributed by atoms with E-state index in [2.05, 4.69) is 42.5 Å². The van der Waals surface area contributed by atoms with Crippen molar-refractivity contribution in [3.63, 3.8) is 0 Å². The normalized spacial score (nSPS) is 10.1. The fraction of sp³-hybridized carbons (Fsp3) is 0.0667. The number of phenolic OH excluding ortho intramolecular Hbond substituents is 1. The number of nitrogens with one attached hydrogen (secondary N) is 2. The van der Waals surface area contributed by atoms with Crippen LogP contribution in [0.3, 0.4) is 0 Å². The Balaban J connectivity index is 2.14. The van der Waals surface area contributed by atoms with Crippen molar-refractivity contribution in [1.29, 1.82) is 0 Å². The summed E-state index contributed by atoms with van der Waals surface area (Å²) in [6, 6.07) is 9.74. The summed E-state index contributed by atoms with van der Waals surface area (Å²) in [7, 11) is 0. The Morgan fingerprint density at radius 3 is 2.00 bits per heavy atom. The Labute approximate surface area is 144 Å². The molecule has 0 aliphatic heterocycles. The van der Waals surface area contributed by atoms with Crippen LogP contribution in [0.2, 0.25) is 0 Å². The van der Waals surface area contributed by atoms with E-state index in [4.69, 9.17) is 0 Å². The molecule has 2 aromatic carbocycles. The third-order valence-electron chi connectivity index (χ3n) is 2.74. The van der Waals surface area contributed by atoms with E-state index in [0.29, 0.717) is 25.9 Å². The van der Waals surface area contributed by atoms with Crippen LogP contribution >= 0.6 is 31.9 Å². The number of carbonyl (C=O) groups is 2. The molecule has 0 saturated heterocycles. The Kier molecular flexibility index (Phi) is 5.20. The molecule has 0 aliphatic carbocycles. The fourth-order valence-corrected chi connectivity index (χ4v) is 2.94. The summed E-state index contributed by atoms with van der Waals surface area (Å²) >= 11 is 6.41. The Morgan fingerprint density at radius 2 is 1.50 bits per heavy atom. The molecule has 2 amide bonds. The van der Waals surface area contributed by atoms with Crippen molar-refractivity contribution in [3.8, 4) is 5.75 Å². The first-order valence-corrected chi connectivity index (χ1v) is 7.82. The predicted octanol–water partition coefficient (Wildman–Crippen LogP) is 4.13. The van der Waals surface area contributed by atoms with E-state index >= 15 is 0 Å². The van der Waals surface area contributed by atoms with Crippen molar-refractivity contribution in [2.75, 3.05) is 10.6 Å². The number of hydrogen-bond donors (Lipinski definition) is 3. The highest BCUT2D eigenvalue weighted by atomic mass is 79.9. The summed E-state index contributed by atoms with van der Waals surface area (Å²) in [5.74, 6) is -0.396. The number of benzene rings is 2. The van der Waals surface area contributed by atoms with Gasteiger partial charge in [-0.1, -0.05) is 0 Å². The van der Waals surface area contributed by atoms with Gasteiger partial charge in [0.25, 0.3) is 5.91 Å². The Morgan fingerprint density at radius 1 is 0.955 bits per heavy atom. The largest absolute Gasteiger partial charge is 0.506 e. The number of phenols is 1. The molecule has 0 saturated carbocycles. The maximum absolute atomic E-state index is 12.2. The van der Waals surface area contributed by atoms with Crippen LogP contribution < -0.4 is 10.6 Å².